The van der Waals surface area contributed by atoms with Crippen molar-refractivity contribution in [3.05, 3.63) is 76.5 Å². The second-order valence-corrected chi connectivity index (χ2v) is 11.4. The van der Waals surface area contributed by atoms with E-state index in [1.54, 1.807) is 23.4 Å². The summed E-state index contributed by atoms with van der Waals surface area (Å²) in [4.78, 5) is 4.76. The molecule has 0 N–H and O–H groups in total. The predicted molar refractivity (Wildman–Crippen MR) is 147 cm³/mol. The zero-order valence-corrected chi connectivity index (χ0v) is 23.0. The monoisotopic (exact) mass is 508 g/mol. The van der Waals surface area contributed by atoms with Gasteiger partial charge in [0, 0.05) is 31.1 Å². The second kappa shape index (κ2) is 13.1. The Balaban J connectivity index is 0.000000275. The van der Waals surface area contributed by atoms with Crippen molar-refractivity contribution < 1.29 is 17.5 Å². The van der Waals surface area contributed by atoms with Crippen molar-refractivity contribution in [3.63, 3.8) is 0 Å². The van der Waals surface area contributed by atoms with Gasteiger partial charge in [0.2, 0.25) is 0 Å². The van der Waals surface area contributed by atoms with E-state index in [9.17, 15) is 13.0 Å². The van der Waals surface area contributed by atoms with Gasteiger partial charge in [-0.15, -0.1) is 0 Å². The summed E-state index contributed by atoms with van der Waals surface area (Å²) in [6.45, 7) is 11.0. The molecule has 1 fully saturated rings. The highest BCUT2D eigenvalue weighted by Crippen LogP contribution is 2.29. The maximum absolute atomic E-state index is 10.4. The number of fused-ring (bicyclic) bond motifs is 1. The van der Waals surface area contributed by atoms with Crippen LogP contribution in [-0.4, -0.2) is 42.6 Å². The molecule has 2 aromatic rings. The highest BCUT2D eigenvalue weighted by atomic mass is 32.2. The molecule has 1 aliphatic carbocycles. The first-order valence-electron chi connectivity index (χ1n) is 13.2. The zero-order valence-electron chi connectivity index (χ0n) is 22.2. The van der Waals surface area contributed by atoms with Gasteiger partial charge in [-0.3, -0.25) is 4.99 Å². The van der Waals surface area contributed by atoms with Gasteiger partial charge < -0.3 is 4.55 Å². The van der Waals surface area contributed by atoms with Crippen LogP contribution >= 0.6 is 0 Å². The predicted octanol–water partition coefficient (Wildman–Crippen LogP) is 6.61. The summed E-state index contributed by atoms with van der Waals surface area (Å²) in [5.74, 6) is 0.586. The fourth-order valence-electron chi connectivity index (χ4n) is 4.64. The topological polar surface area (TPSA) is 72.6 Å². The molecular weight excluding hydrogens is 468 g/mol. The smallest absolute Gasteiger partial charge is 0.181 e. The molecule has 0 amide bonds. The average molecular weight is 509 g/mol. The number of hydrogen-bond donors (Lipinski definition) is 0. The molecule has 194 valence electrons. The van der Waals surface area contributed by atoms with E-state index >= 15 is 0 Å². The number of nitrogens with zero attached hydrogens (tertiary/aromatic N) is 2. The van der Waals surface area contributed by atoms with Gasteiger partial charge in [-0.1, -0.05) is 69.2 Å². The van der Waals surface area contributed by atoms with Gasteiger partial charge in [0.25, 0.3) is 0 Å². The summed E-state index contributed by atoms with van der Waals surface area (Å²) < 4.78 is 33.8. The Bertz CT molecular complexity index is 1210. The van der Waals surface area contributed by atoms with Crippen LogP contribution < -0.4 is 0 Å². The number of unbranched alkanes of at least 4 members (excludes halogenated alkanes) is 1. The van der Waals surface area contributed by atoms with Gasteiger partial charge >= 0.3 is 0 Å². The molecule has 0 radical (unpaired) electrons. The average Bonchev–Trinajstić information content (AvgIpc) is 2.87. The zero-order chi connectivity index (χ0) is 26.1. The van der Waals surface area contributed by atoms with Crippen molar-refractivity contribution in [2.24, 2.45) is 4.99 Å². The Morgan fingerprint density at radius 2 is 1.67 bits per heavy atom. The molecular formula is C30H40N2O3S. The number of hydrogen-bond acceptors (Lipinski definition) is 4. The van der Waals surface area contributed by atoms with Gasteiger partial charge in [-0.25, -0.2) is 13.0 Å². The first-order chi connectivity index (χ1) is 17.2. The van der Waals surface area contributed by atoms with E-state index in [4.69, 9.17) is 4.99 Å². The Morgan fingerprint density at radius 1 is 1.00 bits per heavy atom. The second-order valence-electron chi connectivity index (χ2n) is 10.0. The standard InChI is InChI=1S/C23H33N2.C7H8O3S/c1-4-5-15-25-16-14-22(21-8-6-7-9-23(21)25)24-17-19-10-12-20(13-11-19)18(2)3;1-6-2-4-7(5-3-6)11(8,9)10/h10-13,17-18H,4-9,14-16H2,1-3H3;2-5H,1H3,(H,8,9,10)/q+1;/p-1. The van der Waals surface area contributed by atoms with E-state index < -0.39 is 10.1 Å². The van der Waals surface area contributed by atoms with E-state index in [0.717, 1.165) is 18.5 Å². The molecule has 0 saturated heterocycles. The molecule has 36 heavy (non-hydrogen) atoms. The molecule has 6 heteroatoms. The van der Waals surface area contributed by atoms with Gasteiger partial charge in [0.05, 0.1) is 10.6 Å². The number of allylic oxidation sites excluding steroid dienone is 1. The third-order valence-electron chi connectivity index (χ3n) is 6.85. The van der Waals surface area contributed by atoms with Gasteiger partial charge in [-0.05, 0) is 55.4 Å². The fraction of sp³-hybridized carbons (Fsp3) is 0.467. The first kappa shape index (κ1) is 28.0. The van der Waals surface area contributed by atoms with Crippen molar-refractivity contribution in [3.8, 4) is 0 Å². The van der Waals surface area contributed by atoms with Crippen molar-refractivity contribution in [2.45, 2.75) is 83.5 Å². The first-order valence-corrected chi connectivity index (χ1v) is 14.6. The molecule has 4 rings (SSSR count). The third kappa shape index (κ3) is 7.97. The maximum Gasteiger partial charge on any atom is 0.181 e. The van der Waals surface area contributed by atoms with E-state index in [0.29, 0.717) is 5.92 Å². The lowest BCUT2D eigenvalue weighted by atomic mass is 9.88. The lowest BCUT2D eigenvalue weighted by Crippen LogP contribution is -2.31. The van der Waals surface area contributed by atoms with Crippen LogP contribution in [0.4, 0.5) is 0 Å². The highest BCUT2D eigenvalue weighted by molar-refractivity contribution is 7.85. The number of rotatable bonds is 7. The van der Waals surface area contributed by atoms with Crippen LogP contribution in [0.15, 0.2) is 69.7 Å². The molecule has 0 bridgehead atoms. The molecule has 2 aliphatic rings. The number of aliphatic imine (C=N–C) groups is 1. The Kier molecular flexibility index (Phi) is 10.2. The summed E-state index contributed by atoms with van der Waals surface area (Å²) in [5.41, 5.74) is 8.04. The van der Waals surface area contributed by atoms with Crippen LogP contribution in [0.1, 0.15) is 88.3 Å². The molecule has 1 saturated carbocycles. The van der Waals surface area contributed by atoms with Crippen molar-refractivity contribution in [1.82, 2.24) is 0 Å². The van der Waals surface area contributed by atoms with E-state index in [2.05, 4.69) is 55.8 Å². The van der Waals surface area contributed by atoms with E-state index in [1.807, 2.05) is 6.92 Å². The Morgan fingerprint density at radius 3 is 2.28 bits per heavy atom. The minimum Gasteiger partial charge on any atom is -0.744 e. The third-order valence-corrected chi connectivity index (χ3v) is 7.70. The molecule has 1 aliphatic heterocycles. The summed E-state index contributed by atoms with van der Waals surface area (Å²) >= 11 is 0. The lowest BCUT2D eigenvalue weighted by Gasteiger charge is -2.23. The summed E-state index contributed by atoms with van der Waals surface area (Å²) in [6.07, 6.45) is 10.9. The summed E-state index contributed by atoms with van der Waals surface area (Å²) in [5, 5.41) is 0. The molecule has 0 unspecified atom stereocenters. The largest absolute Gasteiger partial charge is 0.744 e. The van der Waals surface area contributed by atoms with Gasteiger partial charge in [-0.2, -0.15) is 0 Å². The minimum absolute atomic E-state index is 0.178. The highest BCUT2D eigenvalue weighted by Gasteiger charge is 2.29. The molecule has 0 atom stereocenters. The quantitative estimate of drug-likeness (QED) is 0.240. The molecule has 2 aromatic carbocycles. The van der Waals surface area contributed by atoms with Crippen LogP contribution in [0.2, 0.25) is 0 Å². The normalized spacial score (nSPS) is 16.3. The number of aryl methyl sites for hydroxylation is 1. The molecule has 5 nitrogen and oxygen atoms in total. The molecule has 0 aromatic heterocycles. The molecule has 1 heterocycles. The Labute approximate surface area is 217 Å². The van der Waals surface area contributed by atoms with E-state index in [1.165, 1.54) is 74.0 Å². The van der Waals surface area contributed by atoms with Gasteiger partial charge in [0.15, 0.2) is 5.71 Å². The molecule has 0 spiro atoms. The number of benzene rings is 2. The lowest BCUT2D eigenvalue weighted by molar-refractivity contribution is -0.530. The van der Waals surface area contributed by atoms with Gasteiger partial charge in [0.1, 0.15) is 23.2 Å². The van der Waals surface area contributed by atoms with Crippen molar-refractivity contribution >= 4 is 22.0 Å². The van der Waals surface area contributed by atoms with Crippen LogP contribution in [0.25, 0.3) is 0 Å². The minimum atomic E-state index is -4.27. The fourth-order valence-corrected chi connectivity index (χ4v) is 5.11. The summed E-state index contributed by atoms with van der Waals surface area (Å²) in [6, 6.07) is 14.6. The van der Waals surface area contributed by atoms with Crippen LogP contribution in [0.5, 0.6) is 0 Å². The van der Waals surface area contributed by atoms with Crippen LogP contribution in [-0.2, 0) is 10.1 Å². The Hall–Kier alpha value is -2.57. The van der Waals surface area contributed by atoms with Crippen molar-refractivity contribution in [2.75, 3.05) is 13.1 Å². The SMILES string of the molecule is CCCC[N+]1=C2CCCCC2=C(N=Cc2ccc(C(C)C)cc2)CC1.Cc1ccc(S(=O)(=O)[O-])cc1. The summed E-state index contributed by atoms with van der Waals surface area (Å²) in [7, 11) is -4.27. The van der Waals surface area contributed by atoms with E-state index in [-0.39, 0.29) is 4.90 Å². The van der Waals surface area contributed by atoms with Crippen molar-refractivity contribution in [1.29, 1.82) is 0 Å². The van der Waals surface area contributed by atoms with Crippen LogP contribution in [0.3, 0.4) is 0 Å². The van der Waals surface area contributed by atoms with Crippen LogP contribution in [0, 0.1) is 6.92 Å². The maximum atomic E-state index is 10.4.